The molecule has 2 N–H and O–H groups in total. The van der Waals surface area contributed by atoms with E-state index < -0.39 is 17.5 Å². The molecule has 2 unspecified atom stereocenters. The number of amides is 1. The Labute approximate surface area is 86.3 Å². The van der Waals surface area contributed by atoms with E-state index in [0.717, 1.165) is 4.90 Å². The maximum absolute atomic E-state index is 11.2. The average molecular weight is 209 g/mol. The number of hydrogen-bond acceptors (Lipinski definition) is 2. The molecule has 0 radical (unpaired) electrons. The van der Waals surface area contributed by atoms with E-state index in [1.807, 2.05) is 0 Å². The Morgan fingerprint density at radius 3 is 2.60 bits per heavy atom. The number of likely N-dealkylation sites (tertiary alicyclic amines) is 1. The van der Waals surface area contributed by atoms with Crippen LogP contribution in [0, 0.1) is 11.3 Å². The van der Waals surface area contributed by atoms with Crippen molar-refractivity contribution in [1.82, 2.24) is 4.90 Å². The van der Waals surface area contributed by atoms with E-state index in [4.69, 9.17) is 5.11 Å². The number of hydrogen-bond donors (Lipinski definition) is 2. The molecule has 1 fully saturated rings. The van der Waals surface area contributed by atoms with Crippen molar-refractivity contribution in [3.63, 3.8) is 0 Å². The van der Waals surface area contributed by atoms with Crippen LogP contribution in [-0.4, -0.2) is 40.3 Å². The van der Waals surface area contributed by atoms with E-state index in [1.165, 1.54) is 0 Å². The van der Waals surface area contributed by atoms with E-state index in [2.05, 4.69) is 0 Å². The van der Waals surface area contributed by atoms with Gasteiger partial charge in [0.05, 0.1) is 0 Å². The largest absolute Gasteiger partial charge is 0.481 e. The second-order valence-electron chi connectivity index (χ2n) is 3.86. The van der Waals surface area contributed by atoms with Crippen molar-refractivity contribution in [2.24, 2.45) is 11.3 Å². The van der Waals surface area contributed by atoms with Gasteiger partial charge in [0, 0.05) is 19.0 Å². The number of nitrogens with zero attached hydrogens (tertiary/aromatic N) is 1. The van der Waals surface area contributed by atoms with Crippen molar-refractivity contribution in [2.75, 3.05) is 13.1 Å². The highest BCUT2D eigenvalue weighted by molar-refractivity contribution is 5.81. The number of allylic oxidation sites excluding steroid dienone is 2. The molecular formula is C10H11NO4. The monoisotopic (exact) mass is 209 g/mol. The van der Waals surface area contributed by atoms with Crippen LogP contribution < -0.4 is 0 Å². The molecule has 1 aliphatic heterocycles. The van der Waals surface area contributed by atoms with Crippen molar-refractivity contribution < 1.29 is 19.8 Å². The van der Waals surface area contributed by atoms with Crippen LogP contribution in [0.5, 0.6) is 0 Å². The Morgan fingerprint density at radius 1 is 1.33 bits per heavy atom. The maximum atomic E-state index is 11.2. The lowest BCUT2D eigenvalue weighted by Crippen LogP contribution is -2.38. The third kappa shape index (κ3) is 1.31. The van der Waals surface area contributed by atoms with Crippen molar-refractivity contribution in [3.05, 3.63) is 24.3 Å². The minimum Gasteiger partial charge on any atom is -0.481 e. The predicted molar refractivity (Wildman–Crippen MR) is 51.4 cm³/mol. The van der Waals surface area contributed by atoms with Gasteiger partial charge in [-0.05, 0) is 0 Å². The normalized spacial score (nSPS) is 32.8. The second-order valence-corrected chi connectivity index (χ2v) is 3.86. The van der Waals surface area contributed by atoms with Crippen molar-refractivity contribution in [1.29, 1.82) is 0 Å². The van der Waals surface area contributed by atoms with Gasteiger partial charge in [0.25, 0.3) is 0 Å². The molecule has 0 aromatic heterocycles. The molecular weight excluding hydrogens is 198 g/mol. The molecule has 0 spiro atoms. The van der Waals surface area contributed by atoms with Gasteiger partial charge in [-0.15, -0.1) is 0 Å². The number of fused-ring (bicyclic) bond motifs is 1. The van der Waals surface area contributed by atoms with Crippen molar-refractivity contribution in [3.8, 4) is 0 Å². The number of carboxylic acid groups (broad SMARTS) is 2. The summed E-state index contributed by atoms with van der Waals surface area (Å²) in [6.45, 7) is 0.283. The third-order valence-electron chi connectivity index (χ3n) is 3.05. The van der Waals surface area contributed by atoms with Gasteiger partial charge in [-0.1, -0.05) is 24.3 Å². The van der Waals surface area contributed by atoms with Gasteiger partial charge >= 0.3 is 12.1 Å². The molecule has 15 heavy (non-hydrogen) atoms. The Hall–Kier alpha value is -1.78. The SMILES string of the molecule is O=C(O)N1CC2C=CC=CC2(C(=O)O)C1. The lowest BCUT2D eigenvalue weighted by molar-refractivity contribution is -0.146. The first kappa shape index (κ1) is 9.76. The minimum atomic E-state index is -1.06. The molecule has 0 saturated carbocycles. The van der Waals surface area contributed by atoms with Crippen molar-refractivity contribution in [2.45, 2.75) is 0 Å². The van der Waals surface area contributed by atoms with Crippen LogP contribution in [0.3, 0.4) is 0 Å². The Bertz CT molecular complexity index is 374. The number of carbonyl (C=O) groups is 2. The summed E-state index contributed by atoms with van der Waals surface area (Å²) in [6, 6.07) is 0. The highest BCUT2D eigenvalue weighted by Gasteiger charge is 2.51. The standard InChI is InChI=1S/C10H11NO4/c12-8(13)10-4-2-1-3-7(10)5-11(6-10)9(14)15/h1-4,7H,5-6H2,(H,12,13)(H,14,15). The molecule has 2 rings (SSSR count). The number of carboxylic acids is 1. The first-order valence-electron chi connectivity index (χ1n) is 4.63. The number of rotatable bonds is 1. The van der Waals surface area contributed by atoms with Gasteiger partial charge in [0.2, 0.25) is 0 Å². The fourth-order valence-corrected chi connectivity index (χ4v) is 2.18. The highest BCUT2D eigenvalue weighted by Crippen LogP contribution is 2.40. The summed E-state index contributed by atoms with van der Waals surface area (Å²) < 4.78 is 0. The second kappa shape index (κ2) is 3.12. The van der Waals surface area contributed by atoms with Gasteiger partial charge < -0.3 is 15.1 Å². The summed E-state index contributed by atoms with van der Waals surface area (Å²) in [5, 5.41) is 18.0. The fraction of sp³-hybridized carbons (Fsp3) is 0.400. The molecule has 0 aromatic rings. The van der Waals surface area contributed by atoms with E-state index in [1.54, 1.807) is 24.3 Å². The lowest BCUT2D eigenvalue weighted by atomic mass is 9.75. The van der Waals surface area contributed by atoms with Crippen LogP contribution in [0.2, 0.25) is 0 Å². The van der Waals surface area contributed by atoms with E-state index in [-0.39, 0.29) is 19.0 Å². The maximum Gasteiger partial charge on any atom is 0.407 e. The smallest absolute Gasteiger partial charge is 0.407 e. The molecule has 0 aromatic carbocycles. The zero-order chi connectivity index (χ0) is 11.1. The van der Waals surface area contributed by atoms with Gasteiger partial charge in [0.15, 0.2) is 0 Å². The topological polar surface area (TPSA) is 77.8 Å². The lowest BCUT2D eigenvalue weighted by Gasteiger charge is -2.26. The molecule has 1 aliphatic carbocycles. The Balaban J connectivity index is 2.34. The zero-order valence-corrected chi connectivity index (χ0v) is 7.96. The minimum absolute atomic E-state index is 0.0309. The molecule has 5 heteroatoms. The summed E-state index contributed by atoms with van der Waals surface area (Å²) >= 11 is 0. The molecule has 2 atom stereocenters. The van der Waals surface area contributed by atoms with E-state index in [9.17, 15) is 14.7 Å². The number of aliphatic carboxylic acids is 1. The third-order valence-corrected chi connectivity index (χ3v) is 3.05. The van der Waals surface area contributed by atoms with Gasteiger partial charge in [-0.3, -0.25) is 4.79 Å². The van der Waals surface area contributed by atoms with Gasteiger partial charge in [-0.25, -0.2) is 4.79 Å². The summed E-state index contributed by atoms with van der Waals surface area (Å²) in [4.78, 5) is 23.2. The van der Waals surface area contributed by atoms with Gasteiger partial charge in [0.1, 0.15) is 5.41 Å². The first-order chi connectivity index (χ1) is 7.06. The molecule has 2 aliphatic rings. The van der Waals surface area contributed by atoms with Crippen LogP contribution in [0.1, 0.15) is 0 Å². The molecule has 1 saturated heterocycles. The highest BCUT2D eigenvalue weighted by atomic mass is 16.4. The Kier molecular flexibility index (Phi) is 2.03. The molecule has 1 amide bonds. The summed E-state index contributed by atoms with van der Waals surface area (Å²) in [5.41, 5.74) is -1.06. The zero-order valence-electron chi connectivity index (χ0n) is 7.96. The molecule has 80 valence electrons. The summed E-state index contributed by atoms with van der Waals surface area (Å²) in [6.07, 6.45) is 5.71. The van der Waals surface area contributed by atoms with E-state index in [0.29, 0.717) is 0 Å². The predicted octanol–water partition coefficient (Wildman–Crippen LogP) is 0.793. The molecule has 1 heterocycles. The first-order valence-corrected chi connectivity index (χ1v) is 4.63. The average Bonchev–Trinajstić information content (AvgIpc) is 2.58. The molecule has 5 nitrogen and oxygen atoms in total. The summed E-state index contributed by atoms with van der Waals surface area (Å²) in [5.74, 6) is -1.21. The fourth-order valence-electron chi connectivity index (χ4n) is 2.18. The molecule has 0 bridgehead atoms. The summed E-state index contributed by atoms with van der Waals surface area (Å²) in [7, 11) is 0. The Morgan fingerprint density at radius 2 is 2.07 bits per heavy atom. The van der Waals surface area contributed by atoms with Crippen LogP contribution in [0.4, 0.5) is 4.79 Å². The van der Waals surface area contributed by atoms with Crippen LogP contribution in [0.15, 0.2) is 24.3 Å². The van der Waals surface area contributed by atoms with Gasteiger partial charge in [-0.2, -0.15) is 0 Å². The van der Waals surface area contributed by atoms with Crippen LogP contribution >= 0.6 is 0 Å². The quantitative estimate of drug-likeness (QED) is 0.669. The van der Waals surface area contributed by atoms with Crippen LogP contribution in [-0.2, 0) is 4.79 Å². The van der Waals surface area contributed by atoms with E-state index >= 15 is 0 Å². The van der Waals surface area contributed by atoms with Crippen LogP contribution in [0.25, 0.3) is 0 Å². The van der Waals surface area contributed by atoms with Crippen molar-refractivity contribution >= 4 is 12.1 Å².